The Balaban J connectivity index is 2.09. The van der Waals surface area contributed by atoms with Gasteiger partial charge in [-0.05, 0) is 18.3 Å². The molecule has 0 aromatic carbocycles. The lowest BCUT2D eigenvalue weighted by molar-refractivity contribution is 0.137. The molecule has 0 aliphatic heterocycles. The highest BCUT2D eigenvalue weighted by Crippen LogP contribution is 2.42. The molecule has 0 amide bonds. The molecule has 2 atom stereocenters. The summed E-state index contributed by atoms with van der Waals surface area (Å²) in [6, 6.07) is 0. The molecule has 1 saturated carbocycles. The third-order valence-corrected chi connectivity index (χ3v) is 3.24. The summed E-state index contributed by atoms with van der Waals surface area (Å²) >= 11 is 0. The summed E-state index contributed by atoms with van der Waals surface area (Å²) in [6.45, 7) is 2.22. The molecule has 0 bridgehead atoms. The maximum absolute atomic E-state index is 9.53. The summed E-state index contributed by atoms with van der Waals surface area (Å²) in [7, 11) is 0. The van der Waals surface area contributed by atoms with Gasteiger partial charge in [-0.15, -0.1) is 0 Å². The fourth-order valence-electron chi connectivity index (χ4n) is 2.07. The lowest BCUT2D eigenvalue weighted by Gasteiger charge is -2.29. The van der Waals surface area contributed by atoms with Crippen LogP contribution in [0.5, 0.6) is 0 Å². The summed E-state index contributed by atoms with van der Waals surface area (Å²) in [5, 5.41) is 19.1. The van der Waals surface area contributed by atoms with Crippen molar-refractivity contribution >= 4 is 6.75 Å². The van der Waals surface area contributed by atoms with Gasteiger partial charge in [0.2, 0.25) is 0 Å². The monoisotopic (exact) mass is 215 g/mol. The van der Waals surface area contributed by atoms with Crippen LogP contribution in [0.2, 0.25) is 6.32 Å². The molecule has 0 aromatic rings. The highest BCUT2D eigenvalue weighted by molar-refractivity contribution is 6.57. The Kier molecular flexibility index (Phi) is 5.10. The van der Waals surface area contributed by atoms with Gasteiger partial charge < -0.3 is 14.7 Å². The van der Waals surface area contributed by atoms with Crippen LogP contribution >= 0.6 is 0 Å². The topological polar surface area (TPSA) is 49.7 Å². The molecule has 3 nitrogen and oxygen atoms in total. The second-order valence-electron chi connectivity index (χ2n) is 4.88. The number of hydrogen-bond acceptors (Lipinski definition) is 3. The molecule has 15 heavy (non-hydrogen) atoms. The maximum atomic E-state index is 9.53. The van der Waals surface area contributed by atoms with Gasteiger partial charge >= 0.3 is 6.75 Å². The fraction of sp³-hybridized carbons (Fsp3) is 1.00. The molecule has 2 N–H and O–H groups in total. The van der Waals surface area contributed by atoms with Crippen LogP contribution in [0.3, 0.4) is 0 Å². The Hall–Kier alpha value is -0.0551. The molecule has 0 heterocycles. The smallest absolute Gasteiger partial charge is 0.374 e. The van der Waals surface area contributed by atoms with Gasteiger partial charge in [0.05, 0.1) is 0 Å². The fourth-order valence-corrected chi connectivity index (χ4v) is 2.07. The Morgan fingerprint density at radius 3 is 2.53 bits per heavy atom. The summed E-state index contributed by atoms with van der Waals surface area (Å²) in [6.07, 6.45) is 5.83. The predicted molar refractivity (Wildman–Crippen MR) is 62.4 cm³/mol. The number of unbranched alkanes of at least 4 members (excludes halogenated alkanes) is 1. The van der Waals surface area contributed by atoms with Crippen LogP contribution in [0, 0.1) is 11.8 Å². The van der Waals surface area contributed by atoms with Crippen molar-refractivity contribution in [3.05, 3.63) is 0 Å². The van der Waals surface area contributed by atoms with Gasteiger partial charge in [0, 0.05) is 6.61 Å². The van der Waals surface area contributed by atoms with E-state index in [4.69, 9.17) is 4.65 Å². The van der Waals surface area contributed by atoms with E-state index in [9.17, 15) is 10.0 Å². The molecule has 4 heteroatoms. The van der Waals surface area contributed by atoms with Gasteiger partial charge in [-0.3, -0.25) is 0 Å². The van der Waals surface area contributed by atoms with E-state index in [0.29, 0.717) is 18.8 Å². The first-order valence-electron chi connectivity index (χ1n) is 6.33. The van der Waals surface area contributed by atoms with Crippen molar-refractivity contribution in [1.29, 1.82) is 0 Å². The third-order valence-electron chi connectivity index (χ3n) is 3.24. The minimum absolute atomic E-state index is 0.377. The lowest BCUT2D eigenvalue weighted by Crippen LogP contribution is -2.39. The van der Waals surface area contributed by atoms with Crippen LogP contribution in [-0.2, 0) is 4.65 Å². The largest absolute Gasteiger partial charge is 0.559 e. The van der Waals surface area contributed by atoms with Crippen LogP contribution in [0.25, 0.3) is 0 Å². The second kappa shape index (κ2) is 5.87. The Labute approximate surface area is 92.8 Å². The van der Waals surface area contributed by atoms with E-state index in [0.717, 1.165) is 18.8 Å². The van der Waals surface area contributed by atoms with Crippen molar-refractivity contribution in [2.24, 2.45) is 11.8 Å². The van der Waals surface area contributed by atoms with E-state index in [-0.39, 0.29) is 0 Å². The van der Waals surface area contributed by atoms with E-state index in [2.05, 4.69) is 6.92 Å². The summed E-state index contributed by atoms with van der Waals surface area (Å²) in [4.78, 5) is 0. The summed E-state index contributed by atoms with van der Waals surface area (Å²) in [5.41, 5.74) is 0. The molecule has 0 aromatic heterocycles. The second-order valence-corrected chi connectivity index (χ2v) is 4.88. The first-order chi connectivity index (χ1) is 7.09. The van der Waals surface area contributed by atoms with Gasteiger partial charge in [0.25, 0.3) is 0 Å². The predicted octanol–water partition coefficient (Wildman–Crippen LogP) is 2.16. The molecule has 0 unspecified atom stereocenters. The van der Waals surface area contributed by atoms with Gasteiger partial charge in [-0.25, -0.2) is 0 Å². The zero-order valence-corrected chi connectivity index (χ0v) is 9.98. The van der Waals surface area contributed by atoms with Crippen molar-refractivity contribution in [3.8, 4) is 0 Å². The summed E-state index contributed by atoms with van der Waals surface area (Å²) in [5.74, 6) is 1.35. The molecular weight excluding hydrogens is 191 g/mol. The molecule has 0 spiro atoms. The molecule has 1 aliphatic carbocycles. The number of rotatable bonds is 8. The lowest BCUT2D eigenvalue weighted by atomic mass is 9.73. The Morgan fingerprint density at radius 2 is 1.93 bits per heavy atom. The van der Waals surface area contributed by atoms with Crippen molar-refractivity contribution in [2.45, 2.75) is 52.3 Å². The van der Waals surface area contributed by atoms with Gasteiger partial charge in [0.1, 0.15) is 0 Å². The van der Waals surface area contributed by atoms with Crippen LogP contribution in [0.15, 0.2) is 0 Å². The van der Waals surface area contributed by atoms with E-state index >= 15 is 0 Å². The minimum Gasteiger partial charge on any atom is -0.559 e. The van der Waals surface area contributed by atoms with Gasteiger partial charge in [-0.2, -0.15) is 0 Å². The minimum atomic E-state index is -2.53. The van der Waals surface area contributed by atoms with Crippen molar-refractivity contribution in [1.82, 2.24) is 0 Å². The van der Waals surface area contributed by atoms with Crippen molar-refractivity contribution < 1.29 is 14.7 Å². The van der Waals surface area contributed by atoms with Crippen LogP contribution in [0.1, 0.15) is 46.0 Å². The standard InChI is InChI=1S/C11H24BO3/c1-3-5-7-12(13,14)15-9-11-8-10(11)6-4-2/h10-11,13-14H,3-9H2,1-2H3/q-1/t10-,11-/m1/s1. The Morgan fingerprint density at radius 1 is 1.20 bits per heavy atom. The highest BCUT2D eigenvalue weighted by Gasteiger charge is 2.36. The van der Waals surface area contributed by atoms with E-state index in [1.807, 2.05) is 6.92 Å². The molecule has 90 valence electrons. The maximum Gasteiger partial charge on any atom is 0.374 e. The average molecular weight is 215 g/mol. The summed E-state index contributed by atoms with van der Waals surface area (Å²) < 4.78 is 5.21. The number of hydrogen-bond donors (Lipinski definition) is 2. The van der Waals surface area contributed by atoms with Crippen LogP contribution in [0.4, 0.5) is 0 Å². The van der Waals surface area contributed by atoms with E-state index in [1.165, 1.54) is 19.3 Å². The first kappa shape index (κ1) is 13.0. The van der Waals surface area contributed by atoms with Gasteiger partial charge in [-0.1, -0.05) is 45.9 Å². The van der Waals surface area contributed by atoms with E-state index in [1.54, 1.807) is 0 Å². The average Bonchev–Trinajstić information content (AvgIpc) is 2.92. The van der Waals surface area contributed by atoms with Crippen molar-refractivity contribution in [2.75, 3.05) is 6.61 Å². The molecule has 0 radical (unpaired) electrons. The van der Waals surface area contributed by atoms with Gasteiger partial charge in [0.15, 0.2) is 0 Å². The molecular formula is C11H24BO3-. The van der Waals surface area contributed by atoms with Crippen molar-refractivity contribution in [3.63, 3.8) is 0 Å². The van der Waals surface area contributed by atoms with E-state index < -0.39 is 6.75 Å². The zero-order chi connectivity index (χ0) is 11.3. The molecule has 1 aliphatic rings. The molecule has 1 rings (SSSR count). The SMILES string of the molecule is CCCC[B-](O)(O)OC[C@H]1C[C@H]1CCC. The van der Waals surface area contributed by atoms with Crippen LogP contribution < -0.4 is 0 Å². The quantitative estimate of drug-likeness (QED) is 0.610. The third kappa shape index (κ3) is 5.00. The highest BCUT2D eigenvalue weighted by atomic mass is 16.6. The molecule has 0 saturated heterocycles. The first-order valence-corrected chi connectivity index (χ1v) is 6.33. The Bertz CT molecular complexity index is 185. The molecule has 1 fully saturated rings. The van der Waals surface area contributed by atoms with Crippen LogP contribution in [-0.4, -0.2) is 23.4 Å². The normalized spacial score (nSPS) is 25.6. The zero-order valence-electron chi connectivity index (χ0n) is 9.98.